The summed E-state index contributed by atoms with van der Waals surface area (Å²) in [5, 5.41) is 3.88. The number of aromatic nitrogens is 3. The molecule has 1 unspecified atom stereocenters. The molecule has 3 N–H and O–H groups in total. The van der Waals surface area contributed by atoms with Crippen molar-refractivity contribution in [2.75, 3.05) is 7.11 Å². The molecule has 0 fully saturated rings. The number of aromatic amines is 2. The van der Waals surface area contributed by atoms with E-state index < -0.39 is 0 Å². The number of unbranched alkanes of at least 4 members (excludes halogenated alkanes) is 1. The average molecular weight is 451 g/mol. The van der Waals surface area contributed by atoms with Crippen LogP contribution in [-0.2, 0) is 11.3 Å². The molecule has 2 aromatic heterocycles. The summed E-state index contributed by atoms with van der Waals surface area (Å²) in [5.74, 6) is 0.709. The minimum atomic E-state index is -0.166. The van der Waals surface area contributed by atoms with Crippen LogP contribution in [0.15, 0.2) is 53.3 Å². The standard InChI is InChI=1S/C24H26N4O3S/c1-15(16-8-4-3-5-9-16)25-20(29)10-6-7-13-28-23(30)22-21(27-24(28)32)18-14-17(31-2)11-12-19(18)26-22/h3-5,8-9,11-12,14-15,26H,6-7,10,13H2,1-2H3,(H,25,29)(H,27,32). The fourth-order valence-corrected chi connectivity index (χ4v) is 4.16. The summed E-state index contributed by atoms with van der Waals surface area (Å²) in [6.45, 7) is 2.42. The molecule has 0 aliphatic rings. The normalized spacial score (nSPS) is 12.2. The van der Waals surface area contributed by atoms with Crippen molar-refractivity contribution in [2.45, 2.75) is 38.8 Å². The van der Waals surface area contributed by atoms with Crippen LogP contribution in [0.4, 0.5) is 0 Å². The first-order valence-corrected chi connectivity index (χ1v) is 11.1. The van der Waals surface area contributed by atoms with Gasteiger partial charge in [0.2, 0.25) is 5.91 Å². The summed E-state index contributed by atoms with van der Waals surface area (Å²) in [7, 11) is 1.60. The third-order valence-electron chi connectivity index (χ3n) is 5.65. The summed E-state index contributed by atoms with van der Waals surface area (Å²) in [6.07, 6.45) is 1.73. The van der Waals surface area contributed by atoms with Gasteiger partial charge in [0.15, 0.2) is 4.77 Å². The fourth-order valence-electron chi connectivity index (χ4n) is 3.89. The Balaban J connectivity index is 1.41. The highest BCUT2D eigenvalue weighted by atomic mass is 32.1. The Bertz CT molecular complexity index is 1370. The summed E-state index contributed by atoms with van der Waals surface area (Å²) >= 11 is 5.45. The molecule has 2 aromatic carbocycles. The van der Waals surface area contributed by atoms with E-state index in [9.17, 15) is 9.59 Å². The van der Waals surface area contributed by atoms with Crippen LogP contribution in [0.5, 0.6) is 5.75 Å². The zero-order valence-electron chi connectivity index (χ0n) is 18.1. The Morgan fingerprint density at radius 3 is 2.66 bits per heavy atom. The van der Waals surface area contributed by atoms with Crippen LogP contribution in [-0.4, -0.2) is 27.6 Å². The van der Waals surface area contributed by atoms with Crippen molar-refractivity contribution >= 4 is 40.1 Å². The average Bonchev–Trinajstić information content (AvgIpc) is 3.16. The third kappa shape index (κ3) is 4.45. The maximum absolute atomic E-state index is 13.0. The molecule has 0 aliphatic carbocycles. The monoisotopic (exact) mass is 450 g/mol. The number of fused-ring (bicyclic) bond motifs is 3. The highest BCUT2D eigenvalue weighted by Crippen LogP contribution is 2.25. The van der Waals surface area contributed by atoms with Gasteiger partial charge in [0.05, 0.1) is 18.7 Å². The van der Waals surface area contributed by atoms with E-state index in [1.54, 1.807) is 11.7 Å². The van der Waals surface area contributed by atoms with E-state index in [2.05, 4.69) is 15.3 Å². The van der Waals surface area contributed by atoms with Crippen LogP contribution in [0, 0.1) is 4.77 Å². The fraction of sp³-hybridized carbons (Fsp3) is 0.292. The van der Waals surface area contributed by atoms with Crippen LogP contribution in [0.1, 0.15) is 37.8 Å². The SMILES string of the molecule is COc1ccc2[nH]c3c(=O)n(CCCCC(=O)NC(C)c4ccccc4)c(=S)[nH]c3c2c1. The molecule has 4 rings (SSSR count). The van der Waals surface area contributed by atoms with Gasteiger partial charge >= 0.3 is 0 Å². The molecule has 8 heteroatoms. The predicted octanol–water partition coefficient (Wildman–Crippen LogP) is 4.60. The Morgan fingerprint density at radius 2 is 1.91 bits per heavy atom. The number of carbonyl (C=O) groups excluding carboxylic acids is 1. The Kier molecular flexibility index (Phi) is 6.41. The van der Waals surface area contributed by atoms with E-state index in [1.807, 2.05) is 55.5 Å². The van der Waals surface area contributed by atoms with E-state index >= 15 is 0 Å². The van der Waals surface area contributed by atoms with Crippen molar-refractivity contribution in [3.8, 4) is 5.75 Å². The minimum Gasteiger partial charge on any atom is -0.497 e. The number of hydrogen-bond acceptors (Lipinski definition) is 4. The molecular formula is C24H26N4O3S. The molecule has 0 bridgehead atoms. The summed E-state index contributed by atoms with van der Waals surface area (Å²) in [5.41, 5.74) is 2.91. The number of hydrogen-bond donors (Lipinski definition) is 3. The van der Waals surface area contributed by atoms with Gasteiger partial charge in [-0.1, -0.05) is 30.3 Å². The van der Waals surface area contributed by atoms with Crippen molar-refractivity contribution < 1.29 is 9.53 Å². The first-order valence-electron chi connectivity index (χ1n) is 10.6. The lowest BCUT2D eigenvalue weighted by molar-refractivity contribution is -0.121. The van der Waals surface area contributed by atoms with E-state index in [0.29, 0.717) is 47.4 Å². The number of nitrogens with one attached hydrogen (secondary N) is 3. The Labute approximate surface area is 190 Å². The van der Waals surface area contributed by atoms with Gasteiger partial charge in [-0.2, -0.15) is 0 Å². The largest absolute Gasteiger partial charge is 0.497 e. The van der Waals surface area contributed by atoms with Crippen molar-refractivity contribution in [3.05, 3.63) is 69.2 Å². The van der Waals surface area contributed by atoms with Crippen LogP contribution in [0.2, 0.25) is 0 Å². The van der Waals surface area contributed by atoms with Gasteiger partial charge in [0, 0.05) is 23.9 Å². The van der Waals surface area contributed by atoms with Crippen molar-refractivity contribution in [3.63, 3.8) is 0 Å². The van der Waals surface area contributed by atoms with Crippen molar-refractivity contribution in [1.29, 1.82) is 0 Å². The summed E-state index contributed by atoms with van der Waals surface area (Å²) in [4.78, 5) is 31.7. The number of methoxy groups -OCH3 is 1. The minimum absolute atomic E-state index is 0.00104. The topological polar surface area (TPSA) is 91.9 Å². The molecule has 0 saturated heterocycles. The third-order valence-corrected chi connectivity index (χ3v) is 5.98. The zero-order chi connectivity index (χ0) is 22.7. The molecule has 1 amide bonds. The molecule has 0 aliphatic heterocycles. The van der Waals surface area contributed by atoms with Crippen molar-refractivity contribution in [1.82, 2.24) is 19.9 Å². The lowest BCUT2D eigenvalue weighted by Crippen LogP contribution is -2.26. The first kappa shape index (κ1) is 21.8. The van der Waals surface area contributed by atoms with E-state index in [1.165, 1.54) is 0 Å². The maximum atomic E-state index is 13.0. The van der Waals surface area contributed by atoms with Crippen LogP contribution in [0.3, 0.4) is 0 Å². The molecule has 7 nitrogen and oxygen atoms in total. The molecule has 0 radical (unpaired) electrons. The molecule has 32 heavy (non-hydrogen) atoms. The van der Waals surface area contributed by atoms with E-state index in [0.717, 1.165) is 16.5 Å². The smallest absolute Gasteiger partial charge is 0.278 e. The molecular weight excluding hydrogens is 424 g/mol. The Hall–Kier alpha value is -3.39. The predicted molar refractivity (Wildman–Crippen MR) is 129 cm³/mol. The van der Waals surface area contributed by atoms with Gasteiger partial charge in [0.25, 0.3) is 5.56 Å². The van der Waals surface area contributed by atoms with Gasteiger partial charge in [-0.3, -0.25) is 14.2 Å². The number of nitrogens with zero attached hydrogens (tertiary/aromatic N) is 1. The quantitative estimate of drug-likeness (QED) is 0.270. The van der Waals surface area contributed by atoms with E-state index in [4.69, 9.17) is 17.0 Å². The van der Waals surface area contributed by atoms with Crippen LogP contribution < -0.4 is 15.6 Å². The van der Waals surface area contributed by atoms with Gasteiger partial charge < -0.3 is 20.0 Å². The Morgan fingerprint density at radius 1 is 1.12 bits per heavy atom. The highest BCUT2D eigenvalue weighted by Gasteiger charge is 2.13. The number of benzene rings is 2. The molecule has 166 valence electrons. The van der Waals surface area contributed by atoms with Gasteiger partial charge in [-0.05, 0) is 55.7 Å². The van der Waals surface area contributed by atoms with Crippen LogP contribution in [0.25, 0.3) is 21.9 Å². The molecule has 0 spiro atoms. The van der Waals surface area contributed by atoms with Crippen molar-refractivity contribution in [2.24, 2.45) is 0 Å². The second kappa shape index (κ2) is 9.40. The number of carbonyl (C=O) groups is 1. The zero-order valence-corrected chi connectivity index (χ0v) is 18.9. The van der Waals surface area contributed by atoms with Gasteiger partial charge in [-0.15, -0.1) is 0 Å². The van der Waals surface area contributed by atoms with Gasteiger partial charge in [-0.25, -0.2) is 0 Å². The molecule has 1 atom stereocenters. The van der Waals surface area contributed by atoms with E-state index in [-0.39, 0.29) is 17.5 Å². The molecule has 4 aromatic rings. The van der Waals surface area contributed by atoms with Gasteiger partial charge in [0.1, 0.15) is 11.3 Å². The number of rotatable bonds is 8. The second-order valence-corrected chi connectivity index (χ2v) is 8.22. The summed E-state index contributed by atoms with van der Waals surface area (Å²) in [6, 6.07) is 15.4. The first-order chi connectivity index (χ1) is 15.5. The molecule has 0 saturated carbocycles. The number of H-pyrrole nitrogens is 2. The van der Waals surface area contributed by atoms with Crippen LogP contribution >= 0.6 is 12.2 Å². The maximum Gasteiger partial charge on any atom is 0.278 e. The number of amides is 1. The lowest BCUT2D eigenvalue weighted by Gasteiger charge is -2.14. The lowest BCUT2D eigenvalue weighted by atomic mass is 10.1. The second-order valence-electron chi connectivity index (χ2n) is 7.83. The summed E-state index contributed by atoms with van der Waals surface area (Å²) < 4.78 is 7.21. The highest BCUT2D eigenvalue weighted by molar-refractivity contribution is 7.71. The number of ether oxygens (including phenoxy) is 1. The molecule has 2 heterocycles.